The molecule has 0 bridgehead atoms. The lowest BCUT2D eigenvalue weighted by Gasteiger charge is -2.05. The van der Waals surface area contributed by atoms with Gasteiger partial charge in [-0.3, -0.25) is 4.79 Å². The zero-order valence-corrected chi connectivity index (χ0v) is 12.8. The van der Waals surface area contributed by atoms with E-state index in [1.165, 1.54) is 6.07 Å². The minimum atomic E-state index is -0.198. The van der Waals surface area contributed by atoms with Crippen LogP contribution in [0, 0.1) is 0 Å². The van der Waals surface area contributed by atoms with Gasteiger partial charge in [-0.15, -0.1) is 0 Å². The molecule has 0 aliphatic carbocycles. The van der Waals surface area contributed by atoms with Crippen LogP contribution in [0.2, 0.25) is 0 Å². The maximum absolute atomic E-state index is 12.1. The summed E-state index contributed by atoms with van der Waals surface area (Å²) in [5.41, 5.74) is 9.51. The number of aromatic nitrogens is 4. The average molecular weight is 317 g/mol. The maximum Gasteiger partial charge on any atom is 0.251 e. The zero-order valence-electron chi connectivity index (χ0n) is 12.8. The first-order chi connectivity index (χ1) is 11.7. The molecule has 1 aromatic carbocycles. The van der Waals surface area contributed by atoms with Crippen molar-refractivity contribution in [3.63, 3.8) is 0 Å². The molecule has 24 heavy (non-hydrogen) atoms. The number of nitrogens with two attached hydrogens (primary N) is 1. The van der Waals surface area contributed by atoms with Crippen LogP contribution in [0.25, 0.3) is 33.7 Å². The van der Waals surface area contributed by atoms with Crippen LogP contribution in [-0.2, 0) is 6.54 Å². The first kappa shape index (κ1) is 14.3. The van der Waals surface area contributed by atoms with Crippen LogP contribution >= 0.6 is 0 Å². The van der Waals surface area contributed by atoms with E-state index in [0.29, 0.717) is 18.1 Å². The molecule has 3 heterocycles. The van der Waals surface area contributed by atoms with Gasteiger partial charge in [0.25, 0.3) is 5.56 Å². The molecule has 0 saturated heterocycles. The van der Waals surface area contributed by atoms with Gasteiger partial charge in [0, 0.05) is 41.5 Å². The topological polar surface area (TPSA) is 100 Å². The van der Waals surface area contributed by atoms with E-state index in [1.54, 1.807) is 6.20 Å². The van der Waals surface area contributed by atoms with Crippen LogP contribution in [0.4, 0.5) is 0 Å². The first-order valence-electron chi connectivity index (χ1n) is 7.58. The fourth-order valence-corrected chi connectivity index (χ4v) is 2.70. The van der Waals surface area contributed by atoms with Crippen LogP contribution in [0.3, 0.4) is 0 Å². The number of rotatable bonds is 3. The number of hydrogen-bond acceptors (Lipinski definition) is 4. The predicted molar refractivity (Wildman–Crippen MR) is 93.3 cm³/mol. The lowest BCUT2D eigenvalue weighted by atomic mass is 10.1. The van der Waals surface area contributed by atoms with Gasteiger partial charge in [-0.1, -0.05) is 24.3 Å². The Morgan fingerprint density at radius 1 is 1.12 bits per heavy atom. The van der Waals surface area contributed by atoms with E-state index in [1.807, 2.05) is 42.6 Å². The lowest BCUT2D eigenvalue weighted by Crippen LogP contribution is -2.08. The highest BCUT2D eigenvalue weighted by Crippen LogP contribution is 2.26. The van der Waals surface area contributed by atoms with Gasteiger partial charge in [-0.05, 0) is 17.7 Å². The Morgan fingerprint density at radius 2 is 1.96 bits per heavy atom. The van der Waals surface area contributed by atoms with E-state index in [4.69, 9.17) is 5.73 Å². The normalized spacial score (nSPS) is 11.0. The summed E-state index contributed by atoms with van der Waals surface area (Å²) in [6.45, 7) is 0.479. The highest BCUT2D eigenvalue weighted by atomic mass is 16.1. The van der Waals surface area contributed by atoms with Gasteiger partial charge < -0.3 is 15.7 Å². The molecule has 6 nitrogen and oxygen atoms in total. The molecule has 0 aliphatic rings. The molecule has 0 fully saturated rings. The van der Waals surface area contributed by atoms with Crippen LogP contribution in [0.1, 0.15) is 5.56 Å². The number of H-pyrrole nitrogens is 2. The Balaban J connectivity index is 1.85. The fraction of sp³-hybridized carbons (Fsp3) is 0.0556. The van der Waals surface area contributed by atoms with Crippen LogP contribution in [0.5, 0.6) is 0 Å². The van der Waals surface area contributed by atoms with Crippen molar-refractivity contribution in [3.05, 3.63) is 70.8 Å². The Morgan fingerprint density at radius 3 is 2.75 bits per heavy atom. The average Bonchev–Trinajstić information content (AvgIpc) is 3.05. The van der Waals surface area contributed by atoms with Gasteiger partial charge >= 0.3 is 0 Å². The molecule has 6 heteroatoms. The number of nitrogens with zero attached hydrogens (tertiary/aromatic N) is 2. The molecule has 3 aromatic heterocycles. The summed E-state index contributed by atoms with van der Waals surface area (Å²) in [5, 5.41) is 0.931. The van der Waals surface area contributed by atoms with E-state index in [9.17, 15) is 4.79 Å². The largest absolute Gasteiger partial charge is 0.345 e. The van der Waals surface area contributed by atoms with Crippen molar-refractivity contribution in [1.29, 1.82) is 0 Å². The summed E-state index contributed by atoms with van der Waals surface area (Å²) in [4.78, 5) is 26.9. The number of pyridine rings is 1. The second kappa shape index (κ2) is 5.75. The second-order valence-corrected chi connectivity index (χ2v) is 5.48. The third kappa shape index (κ3) is 2.49. The third-order valence-corrected chi connectivity index (χ3v) is 3.93. The number of aromatic amines is 2. The van der Waals surface area contributed by atoms with Crippen molar-refractivity contribution in [3.8, 4) is 22.6 Å². The third-order valence-electron chi connectivity index (χ3n) is 3.93. The summed E-state index contributed by atoms with van der Waals surface area (Å²) in [5.74, 6) is 0.527. The molecule has 4 N–H and O–H groups in total. The van der Waals surface area contributed by atoms with Gasteiger partial charge in [-0.2, -0.15) is 0 Å². The van der Waals surface area contributed by atoms with Crippen molar-refractivity contribution in [2.24, 2.45) is 5.73 Å². The zero-order chi connectivity index (χ0) is 16.5. The molecule has 4 aromatic rings. The molecule has 0 saturated carbocycles. The predicted octanol–water partition coefficient (Wildman–Crippen LogP) is 2.44. The summed E-state index contributed by atoms with van der Waals surface area (Å²) < 4.78 is 0. The Labute approximate surface area is 137 Å². The number of hydrogen-bond donors (Lipinski definition) is 3. The quantitative estimate of drug-likeness (QED) is 0.540. The Kier molecular flexibility index (Phi) is 3.44. The molecule has 0 spiro atoms. The molecule has 0 atom stereocenters. The molecule has 0 radical (unpaired) electrons. The summed E-state index contributed by atoms with van der Waals surface area (Å²) in [7, 11) is 0. The van der Waals surface area contributed by atoms with E-state index in [0.717, 1.165) is 27.7 Å². The summed E-state index contributed by atoms with van der Waals surface area (Å²) in [6, 6.07) is 13.0. The molecule has 118 valence electrons. The molecule has 0 unspecified atom stereocenters. The minimum Gasteiger partial charge on any atom is -0.345 e. The van der Waals surface area contributed by atoms with Crippen molar-refractivity contribution < 1.29 is 0 Å². The standard InChI is InChI=1S/C18H15N5O/c19-9-11-3-5-12(6-4-11)17-22-15(8-16(24)23-17)14-10-21-18-13(14)2-1-7-20-18/h1-8,10H,9,19H2,(H,20,21)(H,22,23,24). The monoisotopic (exact) mass is 317 g/mol. The van der Waals surface area contributed by atoms with E-state index >= 15 is 0 Å². The smallest absolute Gasteiger partial charge is 0.251 e. The first-order valence-corrected chi connectivity index (χ1v) is 7.58. The molecular formula is C18H15N5O. The number of benzene rings is 1. The van der Waals surface area contributed by atoms with Crippen molar-refractivity contribution >= 4 is 11.0 Å². The second-order valence-electron chi connectivity index (χ2n) is 5.48. The summed E-state index contributed by atoms with van der Waals surface area (Å²) >= 11 is 0. The van der Waals surface area contributed by atoms with Crippen LogP contribution in [-0.4, -0.2) is 19.9 Å². The number of fused-ring (bicyclic) bond motifs is 1. The van der Waals surface area contributed by atoms with Crippen molar-refractivity contribution in [2.45, 2.75) is 6.54 Å². The molecule has 4 rings (SSSR count). The van der Waals surface area contributed by atoms with Gasteiger partial charge in [0.2, 0.25) is 0 Å². The van der Waals surface area contributed by atoms with Crippen LogP contribution < -0.4 is 11.3 Å². The van der Waals surface area contributed by atoms with Crippen molar-refractivity contribution in [2.75, 3.05) is 0 Å². The lowest BCUT2D eigenvalue weighted by molar-refractivity contribution is 1.07. The van der Waals surface area contributed by atoms with Gasteiger partial charge in [0.05, 0.1) is 5.69 Å². The van der Waals surface area contributed by atoms with Gasteiger partial charge in [0.1, 0.15) is 11.5 Å². The Hall–Kier alpha value is -3.25. The van der Waals surface area contributed by atoms with E-state index in [2.05, 4.69) is 19.9 Å². The molecular weight excluding hydrogens is 302 g/mol. The summed E-state index contributed by atoms with van der Waals surface area (Å²) in [6.07, 6.45) is 3.54. The highest BCUT2D eigenvalue weighted by molar-refractivity contribution is 5.92. The van der Waals surface area contributed by atoms with Gasteiger partial charge in [0.15, 0.2) is 0 Å². The van der Waals surface area contributed by atoms with Crippen molar-refractivity contribution in [1.82, 2.24) is 19.9 Å². The van der Waals surface area contributed by atoms with E-state index < -0.39 is 0 Å². The minimum absolute atomic E-state index is 0.198. The van der Waals surface area contributed by atoms with E-state index in [-0.39, 0.29) is 5.56 Å². The maximum atomic E-state index is 12.1. The van der Waals surface area contributed by atoms with Crippen LogP contribution in [0.15, 0.2) is 59.7 Å². The molecule has 0 amide bonds. The Bertz CT molecular complexity index is 1060. The highest BCUT2D eigenvalue weighted by Gasteiger charge is 2.11. The SMILES string of the molecule is NCc1ccc(-c2nc(-c3c[nH]c4ncccc34)cc(=O)[nH]2)cc1. The fourth-order valence-electron chi connectivity index (χ4n) is 2.70. The molecule has 0 aliphatic heterocycles. The number of nitrogens with one attached hydrogen (secondary N) is 2. The van der Waals surface area contributed by atoms with Gasteiger partial charge in [-0.25, -0.2) is 9.97 Å².